The number of fused-ring (bicyclic) bond motifs is 1. The average Bonchev–Trinajstić information content (AvgIpc) is 3.13. The molecule has 0 radical (unpaired) electrons. The van der Waals surface area contributed by atoms with E-state index < -0.39 is 29.9 Å². The summed E-state index contributed by atoms with van der Waals surface area (Å²) < 4.78 is 33.0. The van der Waals surface area contributed by atoms with Gasteiger partial charge >= 0.3 is 5.97 Å². The molecule has 3 rings (SSSR count). The quantitative estimate of drug-likeness (QED) is 0.904. The van der Waals surface area contributed by atoms with Gasteiger partial charge in [0.15, 0.2) is 0 Å². The van der Waals surface area contributed by atoms with Crippen LogP contribution in [-0.2, 0) is 4.79 Å². The maximum absolute atomic E-state index is 14.1. The number of carboxylic acid groups (broad SMARTS) is 1. The SMILES string of the molecule is COc1ccc(F)c2[nH]c(C(=O)N3CCC(F)(C(=O)O)C3)cc12. The molecule has 1 aromatic heterocycles. The first-order chi connectivity index (χ1) is 10.9. The van der Waals surface area contributed by atoms with Gasteiger partial charge in [0.25, 0.3) is 5.91 Å². The number of halogens is 2. The zero-order valence-electron chi connectivity index (χ0n) is 12.2. The average molecular weight is 324 g/mol. The van der Waals surface area contributed by atoms with Crippen LogP contribution in [-0.4, -0.2) is 52.7 Å². The number of likely N-dealkylation sites (tertiary alicyclic amines) is 1. The number of hydrogen-bond acceptors (Lipinski definition) is 3. The predicted octanol–water partition coefficient (Wildman–Crippen LogP) is 1.95. The van der Waals surface area contributed by atoms with E-state index in [9.17, 15) is 18.4 Å². The van der Waals surface area contributed by atoms with Crippen molar-refractivity contribution < 1.29 is 28.2 Å². The zero-order chi connectivity index (χ0) is 16.8. The minimum absolute atomic E-state index is 0.0172. The highest BCUT2D eigenvalue weighted by atomic mass is 19.1. The third-order valence-corrected chi connectivity index (χ3v) is 4.04. The number of aliphatic carboxylic acids is 1. The number of aromatic amines is 1. The summed E-state index contributed by atoms with van der Waals surface area (Å²) in [7, 11) is 1.42. The summed E-state index contributed by atoms with van der Waals surface area (Å²) in [6.07, 6.45) is -0.272. The van der Waals surface area contributed by atoms with Gasteiger partial charge in [-0.05, 0) is 18.2 Å². The summed E-state index contributed by atoms with van der Waals surface area (Å²) >= 11 is 0. The maximum Gasteiger partial charge on any atom is 0.343 e. The van der Waals surface area contributed by atoms with E-state index in [0.29, 0.717) is 11.1 Å². The molecule has 2 N–H and O–H groups in total. The number of ether oxygens (including phenoxy) is 1. The Morgan fingerprint density at radius 1 is 1.43 bits per heavy atom. The van der Waals surface area contributed by atoms with Crippen molar-refractivity contribution in [1.29, 1.82) is 0 Å². The maximum atomic E-state index is 14.1. The zero-order valence-corrected chi connectivity index (χ0v) is 12.2. The topological polar surface area (TPSA) is 82.6 Å². The second-order valence-corrected chi connectivity index (χ2v) is 5.47. The molecule has 1 fully saturated rings. The molecule has 1 aliphatic rings. The van der Waals surface area contributed by atoms with E-state index in [2.05, 4.69) is 4.98 Å². The second-order valence-electron chi connectivity index (χ2n) is 5.47. The molecule has 122 valence electrons. The molecule has 1 amide bonds. The smallest absolute Gasteiger partial charge is 0.343 e. The first-order valence-electron chi connectivity index (χ1n) is 6.92. The fourth-order valence-corrected chi connectivity index (χ4v) is 2.74. The lowest BCUT2D eigenvalue weighted by Crippen LogP contribution is -2.39. The molecule has 8 heteroatoms. The number of benzene rings is 1. The molecule has 1 saturated heterocycles. The standard InChI is InChI=1S/C15H14F2N2O4/c1-23-11-3-2-9(16)12-8(11)6-10(18-12)13(20)19-5-4-15(17,7-19)14(21)22/h2-3,6,18H,4-5,7H2,1H3,(H,21,22). The minimum Gasteiger partial charge on any atom is -0.496 e. The lowest BCUT2D eigenvalue weighted by atomic mass is 10.1. The number of carbonyl (C=O) groups is 2. The molecule has 2 aromatic rings. The number of methoxy groups -OCH3 is 1. The first kappa shape index (κ1) is 15.3. The van der Waals surface area contributed by atoms with E-state index in [0.717, 1.165) is 4.90 Å². The molecule has 1 atom stereocenters. The molecular formula is C15H14F2N2O4. The van der Waals surface area contributed by atoms with Gasteiger partial charge < -0.3 is 19.7 Å². The Morgan fingerprint density at radius 3 is 2.78 bits per heavy atom. The highest BCUT2D eigenvalue weighted by Crippen LogP contribution is 2.31. The molecule has 23 heavy (non-hydrogen) atoms. The molecule has 0 bridgehead atoms. The summed E-state index contributed by atoms with van der Waals surface area (Å²) in [5.74, 6) is -2.32. The van der Waals surface area contributed by atoms with Crippen LogP contribution in [0.1, 0.15) is 16.9 Å². The highest BCUT2D eigenvalue weighted by molar-refractivity contribution is 6.00. The van der Waals surface area contributed by atoms with Crippen molar-refractivity contribution in [2.24, 2.45) is 0 Å². The number of nitrogens with one attached hydrogen (secondary N) is 1. The van der Waals surface area contributed by atoms with E-state index >= 15 is 0 Å². The lowest BCUT2D eigenvalue weighted by Gasteiger charge is -2.16. The van der Waals surface area contributed by atoms with Gasteiger partial charge in [-0.15, -0.1) is 0 Å². The fraction of sp³-hybridized carbons (Fsp3) is 0.333. The van der Waals surface area contributed by atoms with Crippen LogP contribution in [0.5, 0.6) is 5.75 Å². The van der Waals surface area contributed by atoms with Crippen molar-refractivity contribution in [2.75, 3.05) is 20.2 Å². The van der Waals surface area contributed by atoms with Crippen LogP contribution in [0, 0.1) is 5.82 Å². The molecule has 1 aliphatic heterocycles. The minimum atomic E-state index is -2.44. The third kappa shape index (κ3) is 2.39. The van der Waals surface area contributed by atoms with Crippen LogP contribution in [0.25, 0.3) is 10.9 Å². The van der Waals surface area contributed by atoms with Crippen molar-refractivity contribution in [1.82, 2.24) is 9.88 Å². The number of carbonyl (C=O) groups excluding carboxylic acids is 1. The number of H-pyrrole nitrogens is 1. The molecule has 6 nitrogen and oxygen atoms in total. The number of aromatic nitrogens is 1. The molecule has 0 aliphatic carbocycles. The molecular weight excluding hydrogens is 310 g/mol. The van der Waals surface area contributed by atoms with Gasteiger partial charge in [-0.2, -0.15) is 0 Å². The Balaban J connectivity index is 1.94. The van der Waals surface area contributed by atoms with Crippen molar-refractivity contribution in [2.45, 2.75) is 12.1 Å². The van der Waals surface area contributed by atoms with Gasteiger partial charge in [0.05, 0.1) is 19.2 Å². The van der Waals surface area contributed by atoms with E-state index in [1.165, 1.54) is 25.3 Å². The van der Waals surface area contributed by atoms with Crippen LogP contribution in [0.3, 0.4) is 0 Å². The largest absolute Gasteiger partial charge is 0.496 e. The van der Waals surface area contributed by atoms with E-state index in [4.69, 9.17) is 9.84 Å². The Labute approximate surface area is 129 Å². The number of alkyl halides is 1. The second kappa shape index (κ2) is 5.22. The highest BCUT2D eigenvalue weighted by Gasteiger charge is 2.47. The van der Waals surface area contributed by atoms with Gasteiger partial charge in [-0.3, -0.25) is 4.79 Å². The van der Waals surface area contributed by atoms with Crippen LogP contribution < -0.4 is 4.74 Å². The van der Waals surface area contributed by atoms with Crippen molar-refractivity contribution in [3.63, 3.8) is 0 Å². The van der Waals surface area contributed by atoms with Gasteiger partial charge in [0.1, 0.15) is 17.3 Å². The van der Waals surface area contributed by atoms with E-state index in [-0.39, 0.29) is 24.2 Å². The van der Waals surface area contributed by atoms with Gasteiger partial charge in [0.2, 0.25) is 5.67 Å². The number of carboxylic acids is 1. The van der Waals surface area contributed by atoms with E-state index in [1.807, 2.05) is 0 Å². The van der Waals surface area contributed by atoms with Crippen LogP contribution in [0.4, 0.5) is 8.78 Å². The molecule has 1 unspecified atom stereocenters. The normalized spacial score (nSPS) is 20.9. The third-order valence-electron chi connectivity index (χ3n) is 4.04. The molecule has 0 spiro atoms. The summed E-state index contributed by atoms with van der Waals surface area (Å²) in [4.78, 5) is 27.1. The number of rotatable bonds is 3. The lowest BCUT2D eigenvalue weighted by molar-refractivity contribution is -0.149. The van der Waals surface area contributed by atoms with Crippen LogP contribution in [0.2, 0.25) is 0 Å². The van der Waals surface area contributed by atoms with Crippen molar-refractivity contribution in [3.8, 4) is 5.75 Å². The summed E-state index contributed by atoms with van der Waals surface area (Å²) in [5, 5.41) is 9.26. The fourth-order valence-electron chi connectivity index (χ4n) is 2.74. The Kier molecular flexibility index (Phi) is 3.46. The Bertz CT molecular complexity index is 804. The molecule has 2 heterocycles. The molecule has 0 saturated carbocycles. The van der Waals surface area contributed by atoms with Gasteiger partial charge in [-0.25, -0.2) is 13.6 Å². The Morgan fingerprint density at radius 2 is 2.17 bits per heavy atom. The first-order valence-corrected chi connectivity index (χ1v) is 6.92. The van der Waals surface area contributed by atoms with Crippen LogP contribution in [0.15, 0.2) is 18.2 Å². The van der Waals surface area contributed by atoms with Crippen molar-refractivity contribution >= 4 is 22.8 Å². The van der Waals surface area contributed by atoms with Crippen molar-refractivity contribution in [3.05, 3.63) is 29.7 Å². The predicted molar refractivity (Wildman–Crippen MR) is 76.8 cm³/mol. The Hall–Kier alpha value is -2.64. The van der Waals surface area contributed by atoms with Gasteiger partial charge in [-0.1, -0.05) is 0 Å². The number of hydrogen-bond donors (Lipinski definition) is 2. The number of amides is 1. The van der Waals surface area contributed by atoms with Crippen LogP contribution >= 0.6 is 0 Å². The number of nitrogens with zero attached hydrogens (tertiary/aromatic N) is 1. The summed E-state index contributed by atoms with van der Waals surface area (Å²) in [6.45, 7) is -0.549. The molecule has 1 aromatic carbocycles. The summed E-state index contributed by atoms with van der Waals surface area (Å²) in [5.41, 5.74) is -2.28. The summed E-state index contributed by atoms with van der Waals surface area (Å²) in [6, 6.07) is 4.06. The van der Waals surface area contributed by atoms with Gasteiger partial charge in [0, 0.05) is 18.4 Å². The van der Waals surface area contributed by atoms with E-state index in [1.54, 1.807) is 0 Å². The monoisotopic (exact) mass is 324 g/mol.